The molecule has 2 N–H and O–H groups in total. The summed E-state index contributed by atoms with van der Waals surface area (Å²) in [6.07, 6.45) is 7.56. The number of hydrogen-bond donors (Lipinski definition) is 2. The van der Waals surface area contributed by atoms with Gasteiger partial charge in [0.25, 0.3) is 0 Å². The van der Waals surface area contributed by atoms with Gasteiger partial charge in [0.15, 0.2) is 0 Å². The maximum atomic E-state index is 6.47. The van der Waals surface area contributed by atoms with Gasteiger partial charge >= 0.3 is 0 Å². The van der Waals surface area contributed by atoms with Gasteiger partial charge in [-0.25, -0.2) is 0 Å². The zero-order chi connectivity index (χ0) is 23.6. The molecule has 35 heavy (non-hydrogen) atoms. The standard InChI is InChI=1S/C31H34N2O2/c1-34-28-16-15-22(30-31-26(17-18-32-30)25-12-5-7-13-27(25)33-31)19-23(28)20-35-29-14-8-6-11-24(29)21-9-3-2-4-10-21/h5-8,11-16,19,21,30,32-33H,2-4,9-10,17-18,20H2,1H3/t30-/m1/s1. The van der Waals surface area contributed by atoms with Gasteiger partial charge in [-0.05, 0) is 66.1 Å². The first-order valence-corrected chi connectivity index (χ1v) is 13.0. The lowest BCUT2D eigenvalue weighted by atomic mass is 9.84. The summed E-state index contributed by atoms with van der Waals surface area (Å²) in [6.45, 7) is 1.46. The predicted molar refractivity (Wildman–Crippen MR) is 141 cm³/mol. The number of hydrogen-bond acceptors (Lipinski definition) is 3. The van der Waals surface area contributed by atoms with E-state index < -0.39 is 0 Å². The number of aromatic amines is 1. The van der Waals surface area contributed by atoms with Gasteiger partial charge in [0, 0.05) is 28.7 Å². The molecule has 4 nitrogen and oxygen atoms in total. The van der Waals surface area contributed by atoms with Crippen LogP contribution >= 0.6 is 0 Å². The first kappa shape index (κ1) is 22.2. The number of para-hydroxylation sites is 2. The molecule has 0 amide bonds. The molecule has 3 aromatic carbocycles. The number of nitrogens with one attached hydrogen (secondary N) is 2. The third-order valence-electron chi connectivity index (χ3n) is 7.84. The highest BCUT2D eigenvalue weighted by atomic mass is 16.5. The summed E-state index contributed by atoms with van der Waals surface area (Å²) >= 11 is 0. The molecule has 0 unspecified atom stereocenters. The highest BCUT2D eigenvalue weighted by Crippen LogP contribution is 2.38. The minimum atomic E-state index is 0.130. The first-order valence-electron chi connectivity index (χ1n) is 13.0. The second kappa shape index (κ2) is 9.79. The lowest BCUT2D eigenvalue weighted by molar-refractivity contribution is 0.288. The fourth-order valence-corrected chi connectivity index (χ4v) is 6.07. The summed E-state index contributed by atoms with van der Waals surface area (Å²) in [5, 5.41) is 5.07. The third-order valence-corrected chi connectivity index (χ3v) is 7.84. The van der Waals surface area contributed by atoms with Crippen molar-refractivity contribution in [1.82, 2.24) is 10.3 Å². The number of H-pyrrole nitrogens is 1. The van der Waals surface area contributed by atoms with Gasteiger partial charge in [0.05, 0.1) is 13.2 Å². The van der Waals surface area contributed by atoms with Gasteiger partial charge in [-0.2, -0.15) is 0 Å². The topological polar surface area (TPSA) is 46.3 Å². The van der Waals surface area contributed by atoms with Crippen molar-refractivity contribution < 1.29 is 9.47 Å². The van der Waals surface area contributed by atoms with Crippen LogP contribution in [0.4, 0.5) is 0 Å². The largest absolute Gasteiger partial charge is 0.496 e. The molecule has 1 atom stereocenters. The van der Waals surface area contributed by atoms with Crippen molar-refractivity contribution in [2.24, 2.45) is 0 Å². The van der Waals surface area contributed by atoms with Crippen molar-refractivity contribution in [3.63, 3.8) is 0 Å². The van der Waals surface area contributed by atoms with Crippen LogP contribution in [-0.2, 0) is 13.0 Å². The van der Waals surface area contributed by atoms with E-state index in [9.17, 15) is 0 Å². The van der Waals surface area contributed by atoms with Gasteiger partial charge in [-0.15, -0.1) is 0 Å². The minimum absolute atomic E-state index is 0.130. The Labute approximate surface area is 207 Å². The van der Waals surface area contributed by atoms with Gasteiger partial charge in [-0.3, -0.25) is 0 Å². The van der Waals surface area contributed by atoms with E-state index in [1.807, 2.05) is 0 Å². The Kier molecular flexibility index (Phi) is 6.22. The summed E-state index contributed by atoms with van der Waals surface area (Å²) < 4.78 is 12.2. The Morgan fingerprint density at radius 2 is 1.71 bits per heavy atom. The fraction of sp³-hybridized carbons (Fsp3) is 0.355. The molecular formula is C31H34N2O2. The second-order valence-corrected chi connectivity index (χ2v) is 9.93. The average Bonchev–Trinajstić information content (AvgIpc) is 3.31. The molecule has 180 valence electrons. The monoisotopic (exact) mass is 466 g/mol. The van der Waals surface area contributed by atoms with Crippen molar-refractivity contribution in [1.29, 1.82) is 0 Å². The average molecular weight is 467 g/mol. The molecule has 1 fully saturated rings. The van der Waals surface area contributed by atoms with E-state index in [-0.39, 0.29) is 6.04 Å². The van der Waals surface area contributed by atoms with Crippen LogP contribution in [0.1, 0.15) is 72.0 Å². The Balaban J connectivity index is 1.29. The quantitative estimate of drug-likeness (QED) is 0.320. The van der Waals surface area contributed by atoms with Crippen LogP contribution in [0, 0.1) is 0 Å². The van der Waals surface area contributed by atoms with Crippen LogP contribution in [0.5, 0.6) is 11.5 Å². The zero-order valence-corrected chi connectivity index (χ0v) is 20.5. The Bertz CT molecular complexity index is 1320. The zero-order valence-electron chi connectivity index (χ0n) is 20.5. The molecule has 2 aliphatic rings. The predicted octanol–water partition coefficient (Wildman–Crippen LogP) is 7.04. The summed E-state index contributed by atoms with van der Waals surface area (Å²) in [5.74, 6) is 2.50. The van der Waals surface area contributed by atoms with E-state index in [2.05, 4.69) is 77.0 Å². The normalized spacial score (nSPS) is 18.4. The number of fused-ring (bicyclic) bond motifs is 3. The first-order chi connectivity index (χ1) is 17.3. The van der Waals surface area contributed by atoms with E-state index in [1.54, 1.807) is 7.11 Å². The lowest BCUT2D eigenvalue weighted by Crippen LogP contribution is -2.30. The molecule has 4 aromatic rings. The number of rotatable bonds is 6. The van der Waals surface area contributed by atoms with Crippen molar-refractivity contribution in [3.05, 3.63) is 94.7 Å². The van der Waals surface area contributed by atoms with Gasteiger partial charge in [-0.1, -0.05) is 61.7 Å². The molecular weight excluding hydrogens is 432 g/mol. The van der Waals surface area contributed by atoms with E-state index in [0.717, 1.165) is 30.0 Å². The smallest absolute Gasteiger partial charge is 0.125 e. The molecule has 4 heteroatoms. The molecule has 0 radical (unpaired) electrons. The number of benzene rings is 3. The Morgan fingerprint density at radius 1 is 0.886 bits per heavy atom. The van der Waals surface area contributed by atoms with Gasteiger partial charge < -0.3 is 19.8 Å². The molecule has 1 saturated carbocycles. The highest BCUT2D eigenvalue weighted by molar-refractivity contribution is 5.85. The van der Waals surface area contributed by atoms with Crippen LogP contribution in [0.15, 0.2) is 66.7 Å². The van der Waals surface area contributed by atoms with Crippen molar-refractivity contribution in [2.45, 2.75) is 57.1 Å². The summed E-state index contributed by atoms with van der Waals surface area (Å²) in [5.41, 5.74) is 7.59. The Morgan fingerprint density at radius 3 is 2.60 bits per heavy atom. The molecule has 2 heterocycles. The highest BCUT2D eigenvalue weighted by Gasteiger charge is 2.26. The van der Waals surface area contributed by atoms with Crippen molar-refractivity contribution >= 4 is 10.9 Å². The van der Waals surface area contributed by atoms with Crippen molar-refractivity contribution in [2.75, 3.05) is 13.7 Å². The molecule has 0 spiro atoms. The molecule has 1 aromatic heterocycles. The van der Waals surface area contributed by atoms with E-state index in [0.29, 0.717) is 12.5 Å². The fourth-order valence-electron chi connectivity index (χ4n) is 6.07. The van der Waals surface area contributed by atoms with E-state index >= 15 is 0 Å². The van der Waals surface area contributed by atoms with Crippen LogP contribution in [0.25, 0.3) is 10.9 Å². The molecule has 1 aliphatic carbocycles. The van der Waals surface area contributed by atoms with Crippen molar-refractivity contribution in [3.8, 4) is 11.5 Å². The summed E-state index contributed by atoms with van der Waals surface area (Å²) in [7, 11) is 1.74. The van der Waals surface area contributed by atoms with E-state index in [1.165, 1.54) is 65.4 Å². The lowest BCUT2D eigenvalue weighted by Gasteiger charge is -2.26. The number of ether oxygens (including phenoxy) is 2. The molecule has 0 saturated heterocycles. The van der Waals surface area contributed by atoms with E-state index in [4.69, 9.17) is 9.47 Å². The van der Waals surface area contributed by atoms with Crippen LogP contribution in [0.3, 0.4) is 0 Å². The SMILES string of the molecule is COc1ccc([C@H]2NCCc3c2[nH]c2ccccc32)cc1COc1ccccc1C1CCCCC1. The Hall–Kier alpha value is -3.24. The minimum Gasteiger partial charge on any atom is -0.496 e. The summed E-state index contributed by atoms with van der Waals surface area (Å²) in [6, 6.07) is 23.9. The maximum Gasteiger partial charge on any atom is 0.125 e. The molecule has 1 aliphatic heterocycles. The van der Waals surface area contributed by atoms with Gasteiger partial charge in [0.1, 0.15) is 18.1 Å². The van der Waals surface area contributed by atoms with Crippen LogP contribution in [-0.4, -0.2) is 18.6 Å². The molecule has 0 bridgehead atoms. The number of methoxy groups -OCH3 is 1. The summed E-state index contributed by atoms with van der Waals surface area (Å²) in [4.78, 5) is 3.69. The van der Waals surface area contributed by atoms with Gasteiger partial charge in [0.2, 0.25) is 0 Å². The maximum absolute atomic E-state index is 6.47. The third kappa shape index (κ3) is 4.32. The molecule has 6 rings (SSSR count). The second-order valence-electron chi connectivity index (χ2n) is 9.93. The van der Waals surface area contributed by atoms with Crippen LogP contribution in [0.2, 0.25) is 0 Å². The number of aromatic nitrogens is 1. The van der Waals surface area contributed by atoms with Crippen LogP contribution < -0.4 is 14.8 Å².